The van der Waals surface area contributed by atoms with E-state index in [-0.39, 0.29) is 23.8 Å². The number of benzene rings is 2. The third kappa shape index (κ3) is 4.87. The Hall–Kier alpha value is -3.22. The Morgan fingerprint density at radius 2 is 2.04 bits per heavy atom. The number of hydrogen-bond donors (Lipinski definition) is 1. The summed E-state index contributed by atoms with van der Waals surface area (Å²) in [5.74, 6) is -0.0905. The second kappa shape index (κ2) is 8.05. The van der Waals surface area contributed by atoms with Gasteiger partial charge in [-0.15, -0.1) is 0 Å². The monoisotopic (exact) mass is 341 g/mol. The molecule has 1 amide bonds. The number of ether oxygens (including phenoxy) is 1. The molecule has 0 unspecified atom stereocenters. The number of methoxy groups -OCH3 is 1. The standard InChI is InChI=1S/C18H19N3O4/c1-12-4-6-15(13(2)8-12)10-18(22)20-19-11-14-5-7-17(25-3)16(9-14)21(23)24/h4-9,11H,10H2,1-3H3,(H,20,22)/b19-11-. The Labute approximate surface area is 145 Å². The molecular weight excluding hydrogens is 322 g/mol. The van der Waals surface area contributed by atoms with Crippen molar-refractivity contribution >= 4 is 17.8 Å². The Kier molecular flexibility index (Phi) is 5.84. The highest BCUT2D eigenvalue weighted by molar-refractivity contribution is 5.84. The number of carbonyl (C=O) groups excluding carboxylic acids is 1. The number of nitro benzene ring substituents is 1. The summed E-state index contributed by atoms with van der Waals surface area (Å²) in [5, 5.41) is 14.8. The van der Waals surface area contributed by atoms with E-state index in [4.69, 9.17) is 4.74 Å². The molecule has 0 aromatic heterocycles. The van der Waals surface area contributed by atoms with Gasteiger partial charge >= 0.3 is 5.69 Å². The predicted octanol–water partition coefficient (Wildman–Crippen LogP) is 2.91. The number of nitrogens with one attached hydrogen (secondary N) is 1. The van der Waals surface area contributed by atoms with Gasteiger partial charge in [0.2, 0.25) is 5.91 Å². The lowest BCUT2D eigenvalue weighted by Crippen LogP contribution is -2.20. The molecular formula is C18H19N3O4. The van der Waals surface area contributed by atoms with E-state index >= 15 is 0 Å². The van der Waals surface area contributed by atoms with Crippen LogP contribution in [0.2, 0.25) is 0 Å². The zero-order valence-corrected chi connectivity index (χ0v) is 14.3. The van der Waals surface area contributed by atoms with Crippen LogP contribution >= 0.6 is 0 Å². The molecule has 1 N–H and O–H groups in total. The van der Waals surface area contributed by atoms with Crippen LogP contribution in [0.25, 0.3) is 0 Å². The number of rotatable bonds is 6. The van der Waals surface area contributed by atoms with Gasteiger partial charge in [-0.3, -0.25) is 14.9 Å². The Balaban J connectivity index is 2.01. The van der Waals surface area contributed by atoms with Gasteiger partial charge in [0.1, 0.15) is 0 Å². The lowest BCUT2D eigenvalue weighted by atomic mass is 10.0. The molecule has 2 rings (SSSR count). The van der Waals surface area contributed by atoms with Gasteiger partial charge in [0.25, 0.3) is 0 Å². The topological polar surface area (TPSA) is 93.8 Å². The molecule has 0 aliphatic carbocycles. The minimum Gasteiger partial charge on any atom is -0.490 e. The molecule has 2 aromatic rings. The molecule has 0 heterocycles. The van der Waals surface area contributed by atoms with E-state index in [0.29, 0.717) is 5.56 Å². The lowest BCUT2D eigenvalue weighted by Gasteiger charge is -2.06. The van der Waals surface area contributed by atoms with E-state index in [1.54, 1.807) is 6.07 Å². The van der Waals surface area contributed by atoms with Crippen LogP contribution in [0.15, 0.2) is 41.5 Å². The van der Waals surface area contributed by atoms with Crippen molar-refractivity contribution in [3.8, 4) is 5.75 Å². The zero-order valence-electron chi connectivity index (χ0n) is 14.3. The molecule has 7 heteroatoms. The molecule has 7 nitrogen and oxygen atoms in total. The quantitative estimate of drug-likeness (QED) is 0.496. The summed E-state index contributed by atoms with van der Waals surface area (Å²) >= 11 is 0. The molecule has 0 atom stereocenters. The number of hydrogen-bond acceptors (Lipinski definition) is 5. The Morgan fingerprint density at radius 3 is 2.68 bits per heavy atom. The van der Waals surface area contributed by atoms with Crippen molar-refractivity contribution in [3.63, 3.8) is 0 Å². The second-order valence-electron chi connectivity index (χ2n) is 5.59. The van der Waals surface area contributed by atoms with Crippen molar-refractivity contribution < 1.29 is 14.5 Å². The van der Waals surface area contributed by atoms with Gasteiger partial charge < -0.3 is 4.74 Å². The maximum Gasteiger partial charge on any atom is 0.311 e. The van der Waals surface area contributed by atoms with Crippen molar-refractivity contribution in [2.45, 2.75) is 20.3 Å². The van der Waals surface area contributed by atoms with E-state index in [1.807, 2.05) is 32.0 Å². The summed E-state index contributed by atoms with van der Waals surface area (Å²) in [7, 11) is 1.36. The minimum atomic E-state index is -0.533. The van der Waals surface area contributed by atoms with Gasteiger partial charge in [-0.05, 0) is 37.1 Å². The van der Waals surface area contributed by atoms with E-state index in [9.17, 15) is 14.9 Å². The first-order chi connectivity index (χ1) is 11.9. The van der Waals surface area contributed by atoms with Crippen molar-refractivity contribution in [3.05, 3.63) is 68.8 Å². The predicted molar refractivity (Wildman–Crippen MR) is 95.0 cm³/mol. The highest BCUT2D eigenvalue weighted by atomic mass is 16.6. The smallest absolute Gasteiger partial charge is 0.311 e. The maximum atomic E-state index is 12.0. The molecule has 0 saturated carbocycles. The average molecular weight is 341 g/mol. The number of amides is 1. The summed E-state index contributed by atoms with van der Waals surface area (Å²) < 4.78 is 4.93. The summed E-state index contributed by atoms with van der Waals surface area (Å²) in [6, 6.07) is 10.3. The van der Waals surface area contributed by atoms with Crippen LogP contribution in [-0.4, -0.2) is 24.2 Å². The SMILES string of the molecule is COc1ccc(/C=N\NC(=O)Cc2ccc(C)cc2C)cc1[N+](=O)[O-]. The summed E-state index contributed by atoms with van der Waals surface area (Å²) in [4.78, 5) is 22.4. The van der Waals surface area contributed by atoms with Gasteiger partial charge in [0.15, 0.2) is 5.75 Å². The Bertz CT molecular complexity index is 831. The van der Waals surface area contributed by atoms with Crippen LogP contribution in [0.5, 0.6) is 5.75 Å². The first-order valence-corrected chi connectivity index (χ1v) is 7.61. The van der Waals surface area contributed by atoms with E-state index in [0.717, 1.165) is 16.7 Å². The van der Waals surface area contributed by atoms with Crippen LogP contribution in [0.3, 0.4) is 0 Å². The molecule has 0 saturated heterocycles. The van der Waals surface area contributed by atoms with Crippen LogP contribution in [-0.2, 0) is 11.2 Å². The van der Waals surface area contributed by atoms with E-state index < -0.39 is 4.92 Å². The van der Waals surface area contributed by atoms with Crippen LogP contribution in [0.1, 0.15) is 22.3 Å². The second-order valence-corrected chi connectivity index (χ2v) is 5.59. The molecule has 0 aliphatic heterocycles. The summed E-state index contributed by atoms with van der Waals surface area (Å²) in [6.45, 7) is 3.95. The molecule has 0 spiro atoms. The average Bonchev–Trinajstić information content (AvgIpc) is 2.57. The third-order valence-electron chi connectivity index (χ3n) is 3.65. The van der Waals surface area contributed by atoms with Gasteiger partial charge in [-0.25, -0.2) is 5.43 Å². The number of carbonyl (C=O) groups is 1. The number of nitro groups is 1. The first kappa shape index (κ1) is 18.1. The van der Waals surface area contributed by atoms with Gasteiger partial charge in [-0.1, -0.05) is 23.8 Å². The lowest BCUT2D eigenvalue weighted by molar-refractivity contribution is -0.385. The minimum absolute atomic E-state index is 0.159. The van der Waals surface area contributed by atoms with Crippen LogP contribution < -0.4 is 10.2 Å². The van der Waals surface area contributed by atoms with Crippen molar-refractivity contribution in [2.75, 3.05) is 7.11 Å². The van der Waals surface area contributed by atoms with Crippen molar-refractivity contribution in [2.24, 2.45) is 5.10 Å². The van der Waals surface area contributed by atoms with Gasteiger partial charge in [0, 0.05) is 11.6 Å². The van der Waals surface area contributed by atoms with Crippen LogP contribution in [0, 0.1) is 24.0 Å². The largest absolute Gasteiger partial charge is 0.490 e. The highest BCUT2D eigenvalue weighted by Crippen LogP contribution is 2.26. The van der Waals surface area contributed by atoms with Crippen molar-refractivity contribution in [1.82, 2.24) is 5.43 Å². The van der Waals surface area contributed by atoms with Crippen molar-refractivity contribution in [1.29, 1.82) is 0 Å². The molecule has 2 aromatic carbocycles. The molecule has 130 valence electrons. The molecule has 25 heavy (non-hydrogen) atoms. The zero-order chi connectivity index (χ0) is 18.4. The van der Waals surface area contributed by atoms with Gasteiger partial charge in [-0.2, -0.15) is 5.10 Å². The fourth-order valence-corrected chi connectivity index (χ4v) is 2.37. The number of nitrogens with zero attached hydrogens (tertiary/aromatic N) is 2. The molecule has 0 bridgehead atoms. The number of hydrazone groups is 1. The summed E-state index contributed by atoms with van der Waals surface area (Å²) in [6.07, 6.45) is 1.57. The number of aryl methyl sites for hydroxylation is 2. The van der Waals surface area contributed by atoms with E-state index in [2.05, 4.69) is 10.5 Å². The first-order valence-electron chi connectivity index (χ1n) is 7.61. The highest BCUT2D eigenvalue weighted by Gasteiger charge is 2.14. The molecule has 0 radical (unpaired) electrons. The third-order valence-corrected chi connectivity index (χ3v) is 3.65. The normalized spacial score (nSPS) is 10.7. The summed E-state index contributed by atoms with van der Waals surface area (Å²) in [5.41, 5.74) is 5.87. The van der Waals surface area contributed by atoms with Gasteiger partial charge in [0.05, 0.1) is 24.7 Å². The molecule has 0 aliphatic rings. The Morgan fingerprint density at radius 1 is 1.28 bits per heavy atom. The fourth-order valence-electron chi connectivity index (χ4n) is 2.37. The maximum absolute atomic E-state index is 12.0. The molecule has 0 fully saturated rings. The van der Waals surface area contributed by atoms with Crippen LogP contribution in [0.4, 0.5) is 5.69 Å². The fraction of sp³-hybridized carbons (Fsp3) is 0.222. The van der Waals surface area contributed by atoms with E-state index in [1.165, 1.54) is 25.5 Å².